The first kappa shape index (κ1) is 36.8. The summed E-state index contributed by atoms with van der Waals surface area (Å²) in [5.41, 5.74) is 1.96. The lowest BCUT2D eigenvalue weighted by atomic mass is 9.98. The number of rotatable bonds is 19. The summed E-state index contributed by atoms with van der Waals surface area (Å²) in [6.07, 6.45) is 9.87. The van der Waals surface area contributed by atoms with Gasteiger partial charge in [-0.15, -0.1) is 6.42 Å². The van der Waals surface area contributed by atoms with E-state index in [1.54, 1.807) is 6.07 Å². The first-order valence-electron chi connectivity index (χ1n) is 17.3. The Kier molecular flexibility index (Phi) is 13.3. The third-order valence-corrected chi connectivity index (χ3v) is 8.65. The Balaban J connectivity index is 1.64. The van der Waals surface area contributed by atoms with Gasteiger partial charge in [0.05, 0.1) is 12.1 Å². The van der Waals surface area contributed by atoms with Gasteiger partial charge in [0.25, 0.3) is 5.91 Å². The highest BCUT2D eigenvalue weighted by Crippen LogP contribution is 2.45. The molecular weight excluding hydrogens is 610 g/mol. The molecule has 0 unspecified atom stereocenters. The average molecular weight is 661 g/mol. The van der Waals surface area contributed by atoms with Crippen molar-refractivity contribution in [3.8, 4) is 12.3 Å². The molecule has 2 atom stereocenters. The summed E-state index contributed by atoms with van der Waals surface area (Å²) in [7, 11) is 0. The molecular formula is C38H50F2N6O2. The SMILES string of the molecule is C#Cc1cccc(C2(NC[C@H](O)[C@H](Cc3cc(F)cc(F)c3)NC(=O)c3cc(N(CCC)CCC)nc(N(CCC)CCC)n3)CC2)c1. The normalized spacial score (nSPS) is 14.5. The van der Waals surface area contributed by atoms with E-state index < -0.39 is 29.7 Å². The first-order valence-corrected chi connectivity index (χ1v) is 17.3. The number of aromatic nitrogens is 2. The van der Waals surface area contributed by atoms with Crippen LogP contribution >= 0.6 is 0 Å². The van der Waals surface area contributed by atoms with Crippen molar-refractivity contribution in [1.82, 2.24) is 20.6 Å². The molecule has 1 aliphatic carbocycles. The van der Waals surface area contributed by atoms with Gasteiger partial charge in [-0.2, -0.15) is 4.98 Å². The fourth-order valence-corrected chi connectivity index (χ4v) is 6.12. The van der Waals surface area contributed by atoms with Gasteiger partial charge in [-0.3, -0.25) is 4.79 Å². The lowest BCUT2D eigenvalue weighted by Crippen LogP contribution is -2.50. The zero-order valence-corrected chi connectivity index (χ0v) is 28.7. The minimum absolute atomic E-state index is 0.00321. The highest BCUT2D eigenvalue weighted by Gasteiger charge is 2.44. The summed E-state index contributed by atoms with van der Waals surface area (Å²) >= 11 is 0. The van der Waals surface area contributed by atoms with Crippen LogP contribution in [0.2, 0.25) is 0 Å². The molecule has 3 N–H and O–H groups in total. The first-order chi connectivity index (χ1) is 23.1. The number of aliphatic hydroxyl groups is 1. The second-order valence-corrected chi connectivity index (χ2v) is 12.7. The van der Waals surface area contributed by atoms with Crippen molar-refractivity contribution in [3.05, 3.63) is 82.5 Å². The van der Waals surface area contributed by atoms with Gasteiger partial charge < -0.3 is 25.5 Å². The van der Waals surface area contributed by atoms with Crippen LogP contribution in [-0.4, -0.2) is 65.9 Å². The van der Waals surface area contributed by atoms with Gasteiger partial charge in [0.2, 0.25) is 5.95 Å². The van der Waals surface area contributed by atoms with Gasteiger partial charge in [0.1, 0.15) is 23.1 Å². The van der Waals surface area contributed by atoms with Gasteiger partial charge in [0.15, 0.2) is 0 Å². The summed E-state index contributed by atoms with van der Waals surface area (Å²) in [5.74, 6) is 1.87. The smallest absolute Gasteiger partial charge is 0.270 e. The van der Waals surface area contributed by atoms with Gasteiger partial charge >= 0.3 is 0 Å². The van der Waals surface area contributed by atoms with Crippen molar-refractivity contribution >= 4 is 17.7 Å². The van der Waals surface area contributed by atoms with E-state index in [0.29, 0.717) is 17.3 Å². The minimum Gasteiger partial charge on any atom is -0.390 e. The maximum atomic E-state index is 14.2. The summed E-state index contributed by atoms with van der Waals surface area (Å²) < 4.78 is 28.4. The van der Waals surface area contributed by atoms with Crippen LogP contribution in [0.3, 0.4) is 0 Å². The number of aliphatic hydroxyl groups excluding tert-OH is 1. The molecule has 4 rings (SSSR count). The Morgan fingerprint density at radius 3 is 2.15 bits per heavy atom. The number of hydrogen-bond acceptors (Lipinski definition) is 7. The summed E-state index contributed by atoms with van der Waals surface area (Å²) in [6.45, 7) is 11.5. The fourth-order valence-electron chi connectivity index (χ4n) is 6.12. The summed E-state index contributed by atoms with van der Waals surface area (Å²) in [6, 6.07) is 11.8. The molecule has 1 saturated carbocycles. The number of hydrogen-bond donors (Lipinski definition) is 3. The highest BCUT2D eigenvalue weighted by molar-refractivity contribution is 5.93. The minimum atomic E-state index is -1.09. The molecule has 0 radical (unpaired) electrons. The molecule has 3 aromatic rings. The van der Waals surface area contributed by atoms with Crippen LogP contribution in [-0.2, 0) is 12.0 Å². The molecule has 8 nitrogen and oxygen atoms in total. The van der Waals surface area contributed by atoms with Crippen LogP contribution in [0.4, 0.5) is 20.5 Å². The second kappa shape index (κ2) is 17.4. The monoisotopic (exact) mass is 660 g/mol. The maximum absolute atomic E-state index is 14.2. The lowest BCUT2D eigenvalue weighted by Gasteiger charge is -2.28. The molecule has 1 aromatic heterocycles. The Hall–Kier alpha value is -4.07. The Morgan fingerprint density at radius 1 is 0.938 bits per heavy atom. The van der Waals surface area contributed by atoms with E-state index in [0.717, 1.165) is 81.9 Å². The van der Waals surface area contributed by atoms with Gasteiger partial charge in [-0.1, -0.05) is 45.7 Å². The van der Waals surface area contributed by atoms with Crippen molar-refractivity contribution in [1.29, 1.82) is 0 Å². The Morgan fingerprint density at radius 2 is 1.56 bits per heavy atom. The standard InChI is InChI=1S/C38H50F2N6O2/c1-6-16-45(17-7-2)35-25-33(43-37(44-35)46(18-8-3)19-9-4)36(48)42-32(23-28-21-30(39)24-31(40)22-28)34(47)26-41-38(14-15-38)29-13-11-12-27(10-5)20-29/h5,11-13,20-22,24-25,32,34,41,47H,6-9,14-19,23,26H2,1-4H3,(H,42,48)/t32-,34-/m0/s1. The molecule has 1 aliphatic rings. The van der Waals surface area contributed by atoms with Gasteiger partial charge in [-0.05, 0) is 80.3 Å². The van der Waals surface area contributed by atoms with E-state index in [9.17, 15) is 18.7 Å². The summed E-state index contributed by atoms with van der Waals surface area (Å²) in [5, 5.41) is 18.0. The average Bonchev–Trinajstić information content (AvgIpc) is 3.87. The van der Waals surface area contributed by atoms with Crippen LogP contribution in [0.1, 0.15) is 93.4 Å². The quantitative estimate of drug-likeness (QED) is 0.137. The van der Waals surface area contributed by atoms with E-state index in [1.807, 2.05) is 24.3 Å². The van der Waals surface area contributed by atoms with Gasteiger partial charge in [0, 0.05) is 56.0 Å². The number of carbonyl (C=O) groups is 1. The molecule has 1 amide bonds. The van der Waals surface area contributed by atoms with Crippen LogP contribution in [0, 0.1) is 24.0 Å². The topological polar surface area (TPSA) is 93.6 Å². The number of nitrogens with zero attached hydrogens (tertiary/aromatic N) is 4. The number of benzene rings is 2. The lowest BCUT2D eigenvalue weighted by molar-refractivity contribution is 0.0817. The molecule has 48 heavy (non-hydrogen) atoms. The van der Waals surface area contributed by atoms with Crippen molar-refractivity contribution in [3.63, 3.8) is 0 Å². The molecule has 0 aliphatic heterocycles. The highest BCUT2D eigenvalue weighted by atomic mass is 19.1. The van der Waals surface area contributed by atoms with E-state index in [4.69, 9.17) is 16.4 Å². The predicted octanol–water partition coefficient (Wildman–Crippen LogP) is 5.97. The van der Waals surface area contributed by atoms with E-state index >= 15 is 0 Å². The molecule has 2 aromatic carbocycles. The number of carbonyl (C=O) groups excluding carboxylic acids is 1. The van der Waals surface area contributed by atoms with Crippen molar-refractivity contribution in [2.45, 2.75) is 90.3 Å². The molecule has 1 fully saturated rings. The summed E-state index contributed by atoms with van der Waals surface area (Å²) in [4.78, 5) is 27.9. The van der Waals surface area contributed by atoms with Crippen molar-refractivity contribution in [2.24, 2.45) is 0 Å². The second-order valence-electron chi connectivity index (χ2n) is 12.7. The van der Waals surface area contributed by atoms with Crippen molar-refractivity contribution < 1.29 is 18.7 Å². The molecule has 10 heteroatoms. The molecule has 0 spiro atoms. The zero-order valence-electron chi connectivity index (χ0n) is 28.7. The zero-order chi connectivity index (χ0) is 34.7. The van der Waals surface area contributed by atoms with Crippen LogP contribution in [0.25, 0.3) is 0 Å². The number of anilines is 2. The molecule has 258 valence electrons. The van der Waals surface area contributed by atoms with E-state index in [1.165, 1.54) is 12.1 Å². The third-order valence-electron chi connectivity index (χ3n) is 8.65. The predicted molar refractivity (Wildman–Crippen MR) is 188 cm³/mol. The maximum Gasteiger partial charge on any atom is 0.270 e. The molecule has 0 bridgehead atoms. The van der Waals surface area contributed by atoms with Crippen LogP contribution in [0.5, 0.6) is 0 Å². The van der Waals surface area contributed by atoms with E-state index in [2.05, 4.69) is 54.0 Å². The third kappa shape index (κ3) is 9.74. The van der Waals surface area contributed by atoms with Gasteiger partial charge in [-0.25, -0.2) is 13.8 Å². The number of halogens is 2. The molecule has 0 saturated heterocycles. The van der Waals surface area contributed by atoms with Crippen LogP contribution in [0.15, 0.2) is 48.5 Å². The number of amides is 1. The number of terminal acetylenes is 1. The Bertz CT molecular complexity index is 1490. The molecule has 1 heterocycles. The fraction of sp³-hybridized carbons (Fsp3) is 0.500. The largest absolute Gasteiger partial charge is 0.390 e. The number of nitrogens with one attached hydrogen (secondary N) is 2. The van der Waals surface area contributed by atoms with E-state index in [-0.39, 0.29) is 24.2 Å². The van der Waals surface area contributed by atoms with Crippen molar-refractivity contribution in [2.75, 3.05) is 42.5 Å². The van der Waals surface area contributed by atoms with Crippen LogP contribution < -0.4 is 20.4 Å². The Labute approximate surface area is 284 Å².